The molecule has 14 rings (SSSR count). The average Bonchev–Trinajstić information content (AvgIpc) is 3.95. The number of rotatable bonds is 1. The molecule has 0 unspecified atom stereocenters. The van der Waals surface area contributed by atoms with Gasteiger partial charge in [-0.05, 0) is 130 Å². The van der Waals surface area contributed by atoms with Gasteiger partial charge in [-0.15, -0.1) is 0 Å². The van der Waals surface area contributed by atoms with Crippen molar-refractivity contribution in [3.05, 3.63) is 221 Å². The topological polar surface area (TPSA) is 16.4 Å². The fourth-order valence-electron chi connectivity index (χ4n) is 12.6. The summed E-state index contributed by atoms with van der Waals surface area (Å²) in [5.74, 6) is 0. The Kier molecular flexibility index (Phi) is 7.87. The molecule has 0 fully saturated rings. The van der Waals surface area contributed by atoms with Gasteiger partial charge in [-0.3, -0.25) is 0 Å². The number of nitrogens with zero attached hydrogens (tertiary/aromatic N) is 1. The van der Waals surface area contributed by atoms with Crippen molar-refractivity contribution >= 4 is 79.6 Å². The molecule has 322 valence electrons. The van der Waals surface area contributed by atoms with Crippen molar-refractivity contribution in [2.24, 2.45) is 0 Å². The quantitative estimate of drug-likeness (QED) is 0.153. The number of furan rings is 1. The van der Waals surface area contributed by atoms with Crippen LogP contribution in [0.5, 0.6) is 0 Å². The molecule has 67 heavy (non-hydrogen) atoms. The van der Waals surface area contributed by atoms with Crippen LogP contribution in [0.1, 0.15) is 74.9 Å². The maximum Gasteiger partial charge on any atom is 0.182 e. The highest BCUT2D eigenvalue weighted by Crippen LogP contribution is 2.63. The van der Waals surface area contributed by atoms with Gasteiger partial charge in [0.15, 0.2) is 8.07 Å². The zero-order valence-corrected chi connectivity index (χ0v) is 40.5. The lowest BCUT2D eigenvalue weighted by molar-refractivity contribution is 0.590. The van der Waals surface area contributed by atoms with Gasteiger partial charge in [0.05, 0.1) is 16.8 Å². The number of fused-ring (bicyclic) bond motifs is 21. The summed E-state index contributed by atoms with van der Waals surface area (Å²) in [5, 5.41) is 8.27. The largest absolute Gasteiger partial charge is 0.456 e. The van der Waals surface area contributed by atoms with Gasteiger partial charge in [0, 0.05) is 32.3 Å². The molecule has 1 aromatic heterocycles. The Hall–Kier alpha value is -6.85. The smallest absolute Gasteiger partial charge is 0.182 e. The third-order valence-corrected chi connectivity index (χ3v) is 21.7. The van der Waals surface area contributed by atoms with E-state index in [-0.39, 0.29) is 10.8 Å². The van der Waals surface area contributed by atoms with E-state index >= 15 is 0 Å². The van der Waals surface area contributed by atoms with Gasteiger partial charge >= 0.3 is 0 Å². The van der Waals surface area contributed by atoms with Gasteiger partial charge in [-0.2, -0.15) is 0 Å². The van der Waals surface area contributed by atoms with Crippen LogP contribution in [0.15, 0.2) is 202 Å². The molecule has 4 aliphatic heterocycles. The minimum absolute atomic E-state index is 0.00715. The molecule has 2 nitrogen and oxygen atoms in total. The maximum atomic E-state index is 6.83. The summed E-state index contributed by atoms with van der Waals surface area (Å²) in [4.78, 5) is 5.16. The van der Waals surface area contributed by atoms with Crippen molar-refractivity contribution < 1.29 is 4.42 Å². The van der Waals surface area contributed by atoms with Crippen molar-refractivity contribution in [2.75, 3.05) is 4.90 Å². The minimum atomic E-state index is -2.90. The SMILES string of the molecule is CC(C)(C)c1ccc2c(c1)[Si]1(c3ccccc3-c3ccc(N4c5ccccc5C5(c6ccccc6Sc6ccccc65)c5cc6c(cc54)oc4ccccc46)cc31)c1cc(C(C)(C)C)ccc1-2. The molecular weight excluding hydrogens is 847 g/mol. The molecule has 0 N–H and O–H groups in total. The van der Waals surface area contributed by atoms with E-state index in [1.54, 1.807) is 0 Å². The molecule has 0 radical (unpaired) electrons. The highest BCUT2D eigenvalue weighted by Gasteiger charge is 2.56. The van der Waals surface area contributed by atoms with E-state index in [1.165, 1.54) is 91.9 Å². The van der Waals surface area contributed by atoms with Gasteiger partial charge in [-0.1, -0.05) is 193 Å². The summed E-state index contributed by atoms with van der Waals surface area (Å²) in [7, 11) is -2.90. The van der Waals surface area contributed by atoms with Crippen molar-refractivity contribution in [3.8, 4) is 22.3 Å². The van der Waals surface area contributed by atoms with E-state index in [9.17, 15) is 0 Å². The second-order valence-corrected chi connectivity index (χ2v) is 25.9. The molecule has 10 aromatic rings. The molecule has 0 saturated carbocycles. The molecule has 2 spiro atoms. The van der Waals surface area contributed by atoms with Crippen molar-refractivity contribution in [3.63, 3.8) is 0 Å². The molecule has 9 aromatic carbocycles. The first kappa shape index (κ1) is 39.3. The van der Waals surface area contributed by atoms with Crippen LogP contribution < -0.4 is 25.6 Å². The molecule has 5 heterocycles. The van der Waals surface area contributed by atoms with Crippen molar-refractivity contribution in [1.29, 1.82) is 0 Å². The first-order chi connectivity index (χ1) is 32.5. The van der Waals surface area contributed by atoms with Crippen LogP contribution in [0.4, 0.5) is 17.1 Å². The monoisotopic (exact) mass is 895 g/mol. The van der Waals surface area contributed by atoms with Crippen LogP contribution in [-0.4, -0.2) is 8.07 Å². The minimum Gasteiger partial charge on any atom is -0.456 e. The first-order valence-corrected chi connectivity index (χ1v) is 26.6. The van der Waals surface area contributed by atoms with E-state index in [2.05, 4.69) is 234 Å². The number of para-hydroxylation sites is 2. The summed E-state index contributed by atoms with van der Waals surface area (Å²) in [5.41, 5.74) is 18.1. The second kappa shape index (κ2) is 13.4. The first-order valence-electron chi connectivity index (χ1n) is 23.7. The van der Waals surface area contributed by atoms with E-state index in [0.29, 0.717) is 0 Å². The van der Waals surface area contributed by atoms with Gasteiger partial charge < -0.3 is 9.32 Å². The number of benzene rings is 9. The molecule has 4 heteroatoms. The molecule has 4 aliphatic rings. The van der Waals surface area contributed by atoms with E-state index in [0.717, 1.165) is 33.3 Å². The van der Waals surface area contributed by atoms with Crippen LogP contribution in [0.2, 0.25) is 0 Å². The van der Waals surface area contributed by atoms with Crippen LogP contribution in [0.25, 0.3) is 44.2 Å². The summed E-state index contributed by atoms with van der Waals surface area (Å²) in [6, 6.07) is 72.6. The Balaban J connectivity index is 1.11. The Labute approximate surface area is 398 Å². The summed E-state index contributed by atoms with van der Waals surface area (Å²) in [6.45, 7) is 14.1. The lowest BCUT2D eigenvalue weighted by Crippen LogP contribution is -2.71. The number of anilines is 3. The molecule has 0 bridgehead atoms. The summed E-state index contributed by atoms with van der Waals surface area (Å²) in [6.07, 6.45) is 0. The van der Waals surface area contributed by atoms with Crippen LogP contribution >= 0.6 is 11.8 Å². The average molecular weight is 896 g/mol. The van der Waals surface area contributed by atoms with Crippen LogP contribution in [0, 0.1) is 0 Å². The van der Waals surface area contributed by atoms with Gasteiger partial charge in [-0.25, -0.2) is 0 Å². The van der Waals surface area contributed by atoms with E-state index in [4.69, 9.17) is 4.42 Å². The fourth-order valence-corrected chi connectivity index (χ4v) is 19.5. The third kappa shape index (κ3) is 5.07. The van der Waals surface area contributed by atoms with Gasteiger partial charge in [0.25, 0.3) is 0 Å². The fraction of sp³-hybridized carbons (Fsp3) is 0.143. The summed E-state index contributed by atoms with van der Waals surface area (Å²) >= 11 is 1.89. The van der Waals surface area contributed by atoms with E-state index < -0.39 is 13.5 Å². The van der Waals surface area contributed by atoms with E-state index in [1.807, 2.05) is 11.8 Å². The molecule has 0 aliphatic carbocycles. The Morgan fingerprint density at radius 1 is 0.418 bits per heavy atom. The van der Waals surface area contributed by atoms with Crippen molar-refractivity contribution in [2.45, 2.75) is 67.6 Å². The maximum absolute atomic E-state index is 6.83. The Bertz CT molecular complexity index is 3680. The number of hydrogen-bond donors (Lipinski definition) is 0. The highest BCUT2D eigenvalue weighted by molar-refractivity contribution is 7.99. The van der Waals surface area contributed by atoms with Crippen LogP contribution in [-0.2, 0) is 16.2 Å². The zero-order chi connectivity index (χ0) is 45.2. The molecule has 0 amide bonds. The Morgan fingerprint density at radius 2 is 0.955 bits per heavy atom. The zero-order valence-electron chi connectivity index (χ0n) is 38.7. The Morgan fingerprint density at radius 3 is 1.63 bits per heavy atom. The molecular formula is C63H49NOSSi. The molecule has 0 atom stereocenters. The number of hydrogen-bond acceptors (Lipinski definition) is 3. The lowest BCUT2D eigenvalue weighted by Gasteiger charge is -2.49. The predicted octanol–water partition coefficient (Wildman–Crippen LogP) is 14.1. The standard InChI is InChI=1S/C63H49NOSSi/c1-61(2,3)38-27-30-43-44-31-28-39(62(4,5)6)34-59(44)67(58(43)33-38)57-26-16-8-18-42(57)45-32-29-40(35-60(45)67)64-51-22-12-9-19-47(51)63(48-20-10-14-24-55(48)66-56-25-15-11-21-49(56)63)50-36-46-41-17-7-13-23-53(41)65-54(46)37-52(50)64/h7-37H,1-6H3. The van der Waals surface area contributed by atoms with Crippen LogP contribution in [0.3, 0.4) is 0 Å². The second-order valence-electron chi connectivity index (χ2n) is 21.2. The van der Waals surface area contributed by atoms with Crippen molar-refractivity contribution in [1.82, 2.24) is 0 Å². The third-order valence-electron chi connectivity index (χ3n) is 15.6. The molecule has 0 saturated heterocycles. The van der Waals surface area contributed by atoms with Gasteiger partial charge in [0.1, 0.15) is 11.2 Å². The highest BCUT2D eigenvalue weighted by atomic mass is 32.2. The predicted molar refractivity (Wildman–Crippen MR) is 283 cm³/mol. The lowest BCUT2D eigenvalue weighted by atomic mass is 9.62. The summed E-state index contributed by atoms with van der Waals surface area (Å²) < 4.78 is 6.83. The normalized spacial score (nSPS) is 15.5. The van der Waals surface area contributed by atoms with Gasteiger partial charge in [0.2, 0.25) is 0 Å².